The molecule has 12 heavy (non-hydrogen) atoms. The van der Waals surface area contributed by atoms with E-state index in [0.717, 1.165) is 12.1 Å². The van der Waals surface area contributed by atoms with Crippen LogP contribution in [0, 0.1) is 5.41 Å². The minimum atomic E-state index is -0.648. The van der Waals surface area contributed by atoms with E-state index in [9.17, 15) is 5.11 Å². The van der Waals surface area contributed by atoms with Gasteiger partial charge in [0.15, 0.2) is 0 Å². The molecular weight excluding hydrogens is 152 g/mol. The van der Waals surface area contributed by atoms with E-state index < -0.39 is 5.60 Å². The molecule has 1 heterocycles. The Morgan fingerprint density at radius 3 is 2.67 bits per heavy atom. The Hall–Kier alpha value is -0.830. The molecule has 2 aliphatic rings. The monoisotopic (exact) mass is 166 g/mol. The lowest BCUT2D eigenvalue weighted by Gasteiger charge is -2.18. The second-order valence-electron chi connectivity index (χ2n) is 4.19. The number of rotatable bonds is 1. The molecule has 1 atom stereocenters. The molecule has 0 amide bonds. The van der Waals surface area contributed by atoms with Crippen molar-refractivity contribution in [2.45, 2.75) is 25.9 Å². The molecule has 0 aromatic carbocycles. The molecule has 2 N–H and O–H groups in total. The van der Waals surface area contributed by atoms with E-state index in [1.807, 2.05) is 0 Å². The third kappa shape index (κ3) is 0.894. The summed E-state index contributed by atoms with van der Waals surface area (Å²) in [5.41, 5.74) is 0.235. The zero-order valence-electron chi connectivity index (χ0n) is 7.46. The molecule has 0 aromatic rings. The van der Waals surface area contributed by atoms with E-state index >= 15 is 0 Å². The summed E-state index contributed by atoms with van der Waals surface area (Å²) in [5, 5.41) is 13.1. The normalized spacial score (nSPS) is 37.1. The second-order valence-corrected chi connectivity index (χ2v) is 4.19. The van der Waals surface area contributed by atoms with Gasteiger partial charge in [0.25, 0.3) is 0 Å². The average molecular weight is 166 g/mol. The van der Waals surface area contributed by atoms with Crippen LogP contribution in [-0.4, -0.2) is 23.0 Å². The first-order valence-corrected chi connectivity index (χ1v) is 4.24. The van der Waals surface area contributed by atoms with Crippen molar-refractivity contribution in [3.63, 3.8) is 0 Å². The number of aliphatic imine (C=N–C) groups is 1. The van der Waals surface area contributed by atoms with E-state index in [2.05, 4.69) is 24.2 Å². The zero-order valence-corrected chi connectivity index (χ0v) is 7.46. The molecule has 3 nitrogen and oxygen atoms in total. The molecule has 0 saturated heterocycles. The van der Waals surface area contributed by atoms with Crippen LogP contribution in [0.3, 0.4) is 0 Å². The zero-order chi connectivity index (χ0) is 8.82. The summed E-state index contributed by atoms with van der Waals surface area (Å²) in [5.74, 6) is 0. The summed E-state index contributed by atoms with van der Waals surface area (Å²) in [6.45, 7) is 4.80. The van der Waals surface area contributed by atoms with Gasteiger partial charge in [-0.25, -0.2) is 0 Å². The molecular formula is C9H14N2O. The Labute approximate surface area is 72.2 Å². The fourth-order valence-corrected chi connectivity index (χ4v) is 1.72. The summed E-state index contributed by atoms with van der Waals surface area (Å²) < 4.78 is 0. The van der Waals surface area contributed by atoms with Crippen LogP contribution in [0.5, 0.6) is 0 Å². The molecule has 0 radical (unpaired) electrons. The van der Waals surface area contributed by atoms with Gasteiger partial charge in [-0.3, -0.25) is 4.99 Å². The number of hydrogen-bond donors (Lipinski definition) is 2. The maximum atomic E-state index is 10.1. The third-order valence-electron chi connectivity index (χ3n) is 2.86. The van der Waals surface area contributed by atoms with Gasteiger partial charge in [0.1, 0.15) is 5.60 Å². The van der Waals surface area contributed by atoms with Gasteiger partial charge in [0, 0.05) is 17.8 Å². The first-order chi connectivity index (χ1) is 5.56. The van der Waals surface area contributed by atoms with Gasteiger partial charge in [-0.1, -0.05) is 13.8 Å². The maximum Gasteiger partial charge on any atom is 0.110 e. The smallest absolute Gasteiger partial charge is 0.110 e. The molecule has 0 spiro atoms. The first kappa shape index (κ1) is 7.80. The first-order valence-electron chi connectivity index (χ1n) is 4.24. The second kappa shape index (κ2) is 2.10. The minimum absolute atomic E-state index is 0.0126. The van der Waals surface area contributed by atoms with Crippen molar-refractivity contribution in [1.29, 1.82) is 0 Å². The fourth-order valence-electron chi connectivity index (χ4n) is 1.72. The largest absolute Gasteiger partial charge is 0.384 e. The van der Waals surface area contributed by atoms with Crippen LogP contribution in [0.1, 0.15) is 20.3 Å². The van der Waals surface area contributed by atoms with E-state index in [1.165, 1.54) is 0 Å². The number of hydrogen-bond acceptors (Lipinski definition) is 3. The van der Waals surface area contributed by atoms with Crippen molar-refractivity contribution in [3.8, 4) is 0 Å². The van der Waals surface area contributed by atoms with Gasteiger partial charge in [-0.05, 0) is 6.42 Å². The van der Waals surface area contributed by atoms with Gasteiger partial charge in [-0.15, -0.1) is 0 Å². The van der Waals surface area contributed by atoms with Crippen molar-refractivity contribution in [3.05, 3.63) is 12.4 Å². The van der Waals surface area contributed by atoms with Gasteiger partial charge < -0.3 is 10.4 Å². The van der Waals surface area contributed by atoms with E-state index in [1.54, 1.807) is 12.4 Å². The highest BCUT2D eigenvalue weighted by atomic mass is 16.3. The number of aliphatic hydroxyl groups is 1. The van der Waals surface area contributed by atoms with Crippen LogP contribution in [0.2, 0.25) is 0 Å². The maximum absolute atomic E-state index is 10.1. The molecule has 0 aromatic heterocycles. The standard InChI is InChI=1S/C9H14N2O/c1-8(2)6-9(8,12)7-5-10-3-4-11-7/h3-4,10,12H,5-6H2,1-2H3. The summed E-state index contributed by atoms with van der Waals surface area (Å²) in [4.78, 5) is 4.18. The van der Waals surface area contributed by atoms with E-state index in [0.29, 0.717) is 6.54 Å². The summed E-state index contributed by atoms with van der Waals surface area (Å²) in [6, 6.07) is 0. The molecule has 1 unspecified atom stereocenters. The van der Waals surface area contributed by atoms with Crippen LogP contribution in [0.15, 0.2) is 17.4 Å². The fraction of sp³-hybridized carbons (Fsp3) is 0.667. The van der Waals surface area contributed by atoms with Crippen LogP contribution < -0.4 is 5.32 Å². The molecule has 1 aliphatic heterocycles. The summed E-state index contributed by atoms with van der Waals surface area (Å²) >= 11 is 0. The molecule has 1 saturated carbocycles. The van der Waals surface area contributed by atoms with Gasteiger partial charge in [0.2, 0.25) is 0 Å². The lowest BCUT2D eigenvalue weighted by atomic mass is 10.0. The molecule has 1 aliphatic carbocycles. The van der Waals surface area contributed by atoms with Crippen LogP contribution in [0.25, 0.3) is 0 Å². The highest BCUT2D eigenvalue weighted by Gasteiger charge is 2.63. The molecule has 1 fully saturated rings. The molecule has 2 rings (SSSR count). The van der Waals surface area contributed by atoms with E-state index in [4.69, 9.17) is 0 Å². The quantitative estimate of drug-likeness (QED) is 0.601. The highest BCUT2D eigenvalue weighted by Crippen LogP contribution is 2.56. The Morgan fingerprint density at radius 2 is 2.25 bits per heavy atom. The summed E-state index contributed by atoms with van der Waals surface area (Å²) in [6.07, 6.45) is 4.32. The van der Waals surface area contributed by atoms with Crippen molar-refractivity contribution in [2.75, 3.05) is 6.54 Å². The average Bonchev–Trinajstić information content (AvgIpc) is 2.55. The minimum Gasteiger partial charge on any atom is -0.384 e. The lowest BCUT2D eigenvalue weighted by Crippen LogP contribution is -2.36. The van der Waals surface area contributed by atoms with Gasteiger partial charge >= 0.3 is 0 Å². The lowest BCUT2D eigenvalue weighted by molar-refractivity contribution is 0.176. The molecule has 0 bridgehead atoms. The van der Waals surface area contributed by atoms with Gasteiger partial charge in [0.05, 0.1) is 12.3 Å². The topological polar surface area (TPSA) is 44.6 Å². The Morgan fingerprint density at radius 1 is 1.58 bits per heavy atom. The number of nitrogens with zero attached hydrogens (tertiary/aromatic N) is 1. The Kier molecular flexibility index (Phi) is 1.37. The predicted octanol–water partition coefficient (Wildman–Crippen LogP) is 0.663. The van der Waals surface area contributed by atoms with Crippen LogP contribution >= 0.6 is 0 Å². The van der Waals surface area contributed by atoms with Gasteiger partial charge in [-0.2, -0.15) is 0 Å². The van der Waals surface area contributed by atoms with Crippen molar-refractivity contribution in [1.82, 2.24) is 5.32 Å². The Balaban J connectivity index is 2.21. The van der Waals surface area contributed by atoms with Crippen molar-refractivity contribution in [2.24, 2.45) is 10.4 Å². The predicted molar refractivity (Wildman–Crippen MR) is 47.9 cm³/mol. The molecule has 3 heteroatoms. The SMILES string of the molecule is CC1(C)CC1(O)C1=NC=CNC1. The number of nitrogens with one attached hydrogen (secondary N) is 1. The summed E-state index contributed by atoms with van der Waals surface area (Å²) in [7, 11) is 0. The third-order valence-corrected chi connectivity index (χ3v) is 2.86. The van der Waals surface area contributed by atoms with Crippen molar-refractivity contribution >= 4 is 5.71 Å². The highest BCUT2D eigenvalue weighted by molar-refractivity contribution is 5.98. The van der Waals surface area contributed by atoms with Crippen LogP contribution in [0.4, 0.5) is 0 Å². The molecule has 66 valence electrons. The van der Waals surface area contributed by atoms with E-state index in [-0.39, 0.29) is 5.41 Å². The van der Waals surface area contributed by atoms with Crippen molar-refractivity contribution < 1.29 is 5.11 Å². The van der Waals surface area contributed by atoms with Crippen LogP contribution in [-0.2, 0) is 0 Å². The Bertz CT molecular complexity index is 268.